The van der Waals surface area contributed by atoms with Crippen LogP contribution in [-0.2, 0) is 21.7 Å². The van der Waals surface area contributed by atoms with Crippen molar-refractivity contribution in [3.63, 3.8) is 0 Å². The van der Waals surface area contributed by atoms with Crippen LogP contribution in [0.5, 0.6) is 0 Å². The van der Waals surface area contributed by atoms with E-state index in [1.165, 1.54) is 11.8 Å². The van der Waals surface area contributed by atoms with Gasteiger partial charge in [-0.25, -0.2) is 8.42 Å². The van der Waals surface area contributed by atoms with Crippen LogP contribution < -0.4 is 11.1 Å². The zero-order valence-corrected chi connectivity index (χ0v) is 13.0. The molecule has 1 saturated heterocycles. The molecule has 0 aliphatic carbocycles. The number of carbonyl (C=O) groups excluding carboxylic acids is 1. The van der Waals surface area contributed by atoms with E-state index >= 15 is 0 Å². The van der Waals surface area contributed by atoms with Crippen molar-refractivity contribution in [1.29, 1.82) is 0 Å². The molecule has 8 nitrogen and oxygen atoms in total. The number of anilines is 1. The number of rotatable bonds is 4. The Kier molecular flexibility index (Phi) is 4.45. The molecule has 0 aromatic carbocycles. The highest BCUT2D eigenvalue weighted by molar-refractivity contribution is 7.99. The average molecular weight is 340 g/mol. The van der Waals surface area contributed by atoms with E-state index < -0.39 is 21.3 Å². The zero-order chi connectivity index (χ0) is 14.9. The number of halogens is 1. The van der Waals surface area contributed by atoms with Crippen molar-refractivity contribution in [3.8, 4) is 0 Å². The average Bonchev–Trinajstić information content (AvgIpc) is 2.78. The van der Waals surface area contributed by atoms with Crippen LogP contribution in [0.3, 0.4) is 0 Å². The molecule has 20 heavy (non-hydrogen) atoms. The molecule has 1 fully saturated rings. The molecule has 0 spiro atoms. The molecule has 112 valence electrons. The van der Waals surface area contributed by atoms with Gasteiger partial charge in [0.1, 0.15) is 0 Å². The van der Waals surface area contributed by atoms with Crippen molar-refractivity contribution in [2.75, 3.05) is 23.0 Å². The summed E-state index contributed by atoms with van der Waals surface area (Å²) in [5, 5.41) is 10.0. The molecule has 0 radical (unpaired) electrons. The molecule has 0 bridgehead atoms. The van der Waals surface area contributed by atoms with Crippen molar-refractivity contribution in [2.45, 2.75) is 16.6 Å². The number of alkyl halides is 1. The van der Waals surface area contributed by atoms with Crippen LogP contribution in [0, 0.1) is 0 Å². The molecule has 2 unspecified atom stereocenters. The molecule has 2 rings (SSSR count). The van der Waals surface area contributed by atoms with Crippen LogP contribution in [-0.4, -0.2) is 57.8 Å². The number of nitrogen functional groups attached to an aromatic ring is 1. The van der Waals surface area contributed by atoms with Crippen molar-refractivity contribution in [2.24, 2.45) is 7.05 Å². The summed E-state index contributed by atoms with van der Waals surface area (Å²) in [5.41, 5.74) is 5.52. The summed E-state index contributed by atoms with van der Waals surface area (Å²) < 4.78 is 24.3. The molecule has 3 N–H and O–H groups in total. The van der Waals surface area contributed by atoms with Gasteiger partial charge in [0, 0.05) is 7.05 Å². The predicted molar refractivity (Wildman–Crippen MR) is 76.4 cm³/mol. The summed E-state index contributed by atoms with van der Waals surface area (Å²) in [6.45, 7) is 0. The molecular formula is C9H14ClN5O3S2. The number of hydrogen-bond donors (Lipinski definition) is 2. The molecular weight excluding hydrogens is 326 g/mol. The highest BCUT2D eigenvalue weighted by Crippen LogP contribution is 2.19. The minimum absolute atomic E-state index is 0.0894. The third-order valence-corrected chi connectivity index (χ3v) is 6.23. The normalized spacial score (nSPS) is 24.7. The Labute approximate surface area is 125 Å². The number of nitrogens with zero attached hydrogens (tertiary/aromatic N) is 3. The highest BCUT2D eigenvalue weighted by Gasteiger charge is 2.37. The van der Waals surface area contributed by atoms with E-state index in [0.717, 1.165) is 0 Å². The van der Waals surface area contributed by atoms with Crippen molar-refractivity contribution in [1.82, 2.24) is 20.1 Å². The molecule has 1 aliphatic heterocycles. The maximum absolute atomic E-state index is 11.8. The first-order chi connectivity index (χ1) is 9.28. The van der Waals surface area contributed by atoms with E-state index in [2.05, 4.69) is 15.5 Å². The van der Waals surface area contributed by atoms with Gasteiger partial charge in [-0.15, -0.1) is 21.8 Å². The highest BCUT2D eigenvalue weighted by atomic mass is 35.5. The van der Waals surface area contributed by atoms with Crippen LogP contribution in [0.15, 0.2) is 5.16 Å². The fourth-order valence-electron chi connectivity index (χ4n) is 1.77. The van der Waals surface area contributed by atoms with Gasteiger partial charge < -0.3 is 11.1 Å². The Balaban J connectivity index is 1.86. The fourth-order valence-corrected chi connectivity index (χ4v) is 5.05. The number of nitrogens with two attached hydrogens (primary N) is 1. The van der Waals surface area contributed by atoms with Crippen LogP contribution in [0.2, 0.25) is 0 Å². The topological polar surface area (TPSA) is 120 Å². The van der Waals surface area contributed by atoms with Gasteiger partial charge >= 0.3 is 0 Å². The molecule has 2 atom stereocenters. The third-order valence-electron chi connectivity index (χ3n) is 2.83. The summed E-state index contributed by atoms with van der Waals surface area (Å²) in [7, 11) is -1.47. The lowest BCUT2D eigenvalue weighted by molar-refractivity contribution is -0.119. The third kappa shape index (κ3) is 3.55. The van der Waals surface area contributed by atoms with Gasteiger partial charge in [-0.2, -0.15) is 0 Å². The summed E-state index contributed by atoms with van der Waals surface area (Å²) in [4.78, 5) is 11.8. The second-order valence-corrected chi connectivity index (χ2v) is 8.11. The van der Waals surface area contributed by atoms with E-state index in [0.29, 0.717) is 5.16 Å². The Morgan fingerprint density at radius 3 is 2.75 bits per heavy atom. The summed E-state index contributed by atoms with van der Waals surface area (Å²) in [5.74, 6) is -0.174. The van der Waals surface area contributed by atoms with E-state index in [1.54, 1.807) is 11.6 Å². The van der Waals surface area contributed by atoms with Gasteiger partial charge in [0.25, 0.3) is 0 Å². The van der Waals surface area contributed by atoms with E-state index in [-0.39, 0.29) is 29.1 Å². The van der Waals surface area contributed by atoms with E-state index in [1.807, 2.05) is 0 Å². The first kappa shape index (κ1) is 15.4. The number of aromatic nitrogens is 3. The molecule has 0 saturated carbocycles. The largest absolute Gasteiger partial charge is 0.368 e. The van der Waals surface area contributed by atoms with Crippen LogP contribution in [0.4, 0.5) is 5.95 Å². The van der Waals surface area contributed by atoms with Gasteiger partial charge in [0.15, 0.2) is 15.0 Å². The minimum Gasteiger partial charge on any atom is -0.368 e. The van der Waals surface area contributed by atoms with Crippen molar-refractivity contribution < 1.29 is 13.2 Å². The zero-order valence-electron chi connectivity index (χ0n) is 10.6. The molecule has 1 amide bonds. The van der Waals surface area contributed by atoms with Crippen molar-refractivity contribution >= 4 is 45.1 Å². The molecule has 1 aliphatic rings. The second-order valence-electron chi connectivity index (χ2n) is 4.46. The van der Waals surface area contributed by atoms with Crippen molar-refractivity contribution in [3.05, 3.63) is 0 Å². The Bertz CT molecular complexity index is 617. The molecule has 1 aromatic rings. The lowest BCUT2D eigenvalue weighted by Crippen LogP contribution is -2.41. The van der Waals surface area contributed by atoms with E-state index in [9.17, 15) is 13.2 Å². The standard InChI is InChI=1S/C9H14ClN5O3S2/c1-15-8(11)13-14-9(15)19-2-7(16)12-6-4-20(17,18)3-5(6)10/h5-6H,2-4H2,1H3,(H2,11,13)(H,12,16). The Morgan fingerprint density at radius 1 is 1.55 bits per heavy atom. The van der Waals surface area contributed by atoms with Gasteiger partial charge in [0.2, 0.25) is 11.9 Å². The maximum Gasteiger partial charge on any atom is 0.230 e. The quantitative estimate of drug-likeness (QED) is 0.533. The SMILES string of the molecule is Cn1c(N)nnc1SCC(=O)NC1CS(=O)(=O)CC1Cl. The van der Waals surface area contributed by atoms with Gasteiger partial charge in [-0.05, 0) is 0 Å². The number of sulfone groups is 1. The maximum atomic E-state index is 11.8. The molecule has 2 heterocycles. The lowest BCUT2D eigenvalue weighted by Gasteiger charge is -2.13. The Morgan fingerprint density at radius 2 is 2.25 bits per heavy atom. The van der Waals surface area contributed by atoms with Crippen LogP contribution in [0.1, 0.15) is 0 Å². The fraction of sp³-hybridized carbons (Fsp3) is 0.667. The first-order valence-electron chi connectivity index (χ1n) is 5.70. The lowest BCUT2D eigenvalue weighted by atomic mass is 10.2. The molecule has 1 aromatic heterocycles. The second kappa shape index (κ2) is 5.78. The number of amides is 1. The van der Waals surface area contributed by atoms with Gasteiger partial charge in [-0.1, -0.05) is 11.8 Å². The summed E-state index contributed by atoms with van der Waals surface area (Å²) >= 11 is 7.07. The summed E-state index contributed by atoms with van der Waals surface area (Å²) in [6.07, 6.45) is 0. The predicted octanol–water partition coefficient (Wildman–Crippen LogP) is -0.990. The summed E-state index contributed by atoms with van der Waals surface area (Å²) in [6, 6.07) is -0.542. The van der Waals surface area contributed by atoms with Crippen LogP contribution >= 0.6 is 23.4 Å². The number of thioether (sulfide) groups is 1. The van der Waals surface area contributed by atoms with Crippen LogP contribution in [0.25, 0.3) is 0 Å². The molecule has 11 heteroatoms. The van der Waals surface area contributed by atoms with E-state index in [4.69, 9.17) is 17.3 Å². The Hall–Kier alpha value is -1.00. The number of nitrogens with one attached hydrogen (secondary N) is 1. The van der Waals surface area contributed by atoms with Gasteiger partial charge in [0.05, 0.1) is 28.7 Å². The minimum atomic E-state index is -3.16. The van der Waals surface area contributed by atoms with Gasteiger partial charge in [-0.3, -0.25) is 9.36 Å². The monoisotopic (exact) mass is 339 g/mol. The first-order valence-corrected chi connectivity index (χ1v) is 8.94. The smallest absolute Gasteiger partial charge is 0.230 e. The number of hydrogen-bond acceptors (Lipinski definition) is 7. The number of carbonyl (C=O) groups is 1.